The highest BCUT2D eigenvalue weighted by Gasteiger charge is 2.15. The minimum Gasteiger partial charge on any atom is -0.458 e. The third kappa shape index (κ3) is 8.38. The summed E-state index contributed by atoms with van der Waals surface area (Å²) in [6, 6.07) is 12.9. The predicted octanol–water partition coefficient (Wildman–Crippen LogP) is 3.35. The normalized spacial score (nSPS) is 10.5. The average Bonchev–Trinajstić information content (AvgIpc) is 2.79. The Hall–Kier alpha value is -4.20. The molecule has 2 aromatic carbocycles. The first-order valence-corrected chi connectivity index (χ1v) is 10.4. The first kappa shape index (κ1) is 26.1. The van der Waals surface area contributed by atoms with Gasteiger partial charge in [0.25, 0.3) is 0 Å². The van der Waals surface area contributed by atoms with Crippen molar-refractivity contribution in [1.29, 1.82) is 0 Å². The highest BCUT2D eigenvalue weighted by atomic mass is 16.5. The van der Waals surface area contributed by atoms with Crippen molar-refractivity contribution >= 4 is 35.1 Å². The van der Waals surface area contributed by atoms with Crippen LogP contribution in [-0.4, -0.2) is 35.1 Å². The van der Waals surface area contributed by atoms with Crippen molar-refractivity contribution in [2.75, 3.05) is 0 Å². The summed E-state index contributed by atoms with van der Waals surface area (Å²) in [5.41, 5.74) is 1.44. The molecule has 0 saturated carbocycles. The fourth-order valence-electron chi connectivity index (χ4n) is 3.01. The molecule has 0 heterocycles. The molecule has 2 rings (SSSR count). The van der Waals surface area contributed by atoms with Crippen LogP contribution in [0.4, 0.5) is 0 Å². The van der Waals surface area contributed by atoms with Crippen LogP contribution in [0.15, 0.2) is 60.7 Å². The third-order valence-electron chi connectivity index (χ3n) is 4.55. The van der Waals surface area contributed by atoms with E-state index in [9.17, 15) is 28.8 Å². The van der Waals surface area contributed by atoms with Gasteiger partial charge in [0.05, 0.1) is 12.8 Å². The molecule has 0 unspecified atom stereocenters. The number of esters is 2. The van der Waals surface area contributed by atoms with Gasteiger partial charge in [-0.1, -0.05) is 48.5 Å². The highest BCUT2D eigenvalue weighted by molar-refractivity contribution is 6.08. The maximum Gasteiger partial charge on any atom is 0.331 e. The molecular formula is C26H24O8. The van der Waals surface area contributed by atoms with Crippen molar-refractivity contribution in [3.05, 3.63) is 82.9 Å². The number of Topliss-reactive ketones (excluding diaryl/α,β-unsaturated/α-hetero) is 4. The third-order valence-corrected chi connectivity index (χ3v) is 4.55. The summed E-state index contributed by atoms with van der Waals surface area (Å²) < 4.78 is 10.2. The molecule has 0 aliphatic rings. The SMILES string of the molecule is CC(=O)CC(=O)c1ccccc1COC(=O)/C=C\C(=O)OCc1ccccc1C(=O)CC(C)=O. The molecule has 8 heteroatoms. The van der Waals surface area contributed by atoms with Crippen LogP contribution in [0.5, 0.6) is 0 Å². The zero-order chi connectivity index (χ0) is 25.1. The second-order valence-corrected chi connectivity index (χ2v) is 7.47. The molecule has 2 aromatic rings. The van der Waals surface area contributed by atoms with Crippen LogP contribution in [0.1, 0.15) is 58.5 Å². The Bertz CT molecular complexity index is 1050. The van der Waals surface area contributed by atoms with Crippen molar-refractivity contribution in [2.45, 2.75) is 39.9 Å². The largest absolute Gasteiger partial charge is 0.458 e. The molecule has 0 atom stereocenters. The van der Waals surface area contributed by atoms with Crippen LogP contribution in [0.2, 0.25) is 0 Å². The Morgan fingerprint density at radius 3 is 1.32 bits per heavy atom. The van der Waals surface area contributed by atoms with Crippen molar-refractivity contribution < 1.29 is 38.2 Å². The van der Waals surface area contributed by atoms with E-state index in [4.69, 9.17) is 9.47 Å². The summed E-state index contributed by atoms with van der Waals surface area (Å²) in [7, 11) is 0. The Balaban J connectivity index is 1.91. The molecule has 0 radical (unpaired) electrons. The Morgan fingerprint density at radius 2 is 0.971 bits per heavy atom. The topological polar surface area (TPSA) is 121 Å². The number of hydrogen-bond donors (Lipinski definition) is 0. The van der Waals surface area contributed by atoms with Gasteiger partial charge in [-0.25, -0.2) is 9.59 Å². The van der Waals surface area contributed by atoms with Gasteiger partial charge in [-0.3, -0.25) is 19.2 Å². The van der Waals surface area contributed by atoms with Crippen molar-refractivity contribution in [3.63, 3.8) is 0 Å². The first-order chi connectivity index (χ1) is 16.2. The minimum atomic E-state index is -0.831. The zero-order valence-corrected chi connectivity index (χ0v) is 18.9. The van der Waals surface area contributed by atoms with E-state index < -0.39 is 11.9 Å². The van der Waals surface area contributed by atoms with Gasteiger partial charge < -0.3 is 9.47 Å². The van der Waals surface area contributed by atoms with E-state index in [2.05, 4.69) is 0 Å². The number of hydrogen-bond acceptors (Lipinski definition) is 8. The number of ether oxygens (including phenoxy) is 2. The summed E-state index contributed by atoms with van der Waals surface area (Å²) in [4.78, 5) is 70.7. The summed E-state index contributed by atoms with van der Waals surface area (Å²) in [6.45, 7) is 2.19. The lowest BCUT2D eigenvalue weighted by Crippen LogP contribution is -2.11. The van der Waals surface area contributed by atoms with E-state index >= 15 is 0 Å². The molecule has 34 heavy (non-hydrogen) atoms. The van der Waals surface area contributed by atoms with Crippen LogP contribution in [0.25, 0.3) is 0 Å². The van der Waals surface area contributed by atoms with E-state index in [1.54, 1.807) is 48.5 Å². The average molecular weight is 464 g/mol. The molecule has 0 saturated heterocycles. The molecule has 0 amide bonds. The molecule has 0 aromatic heterocycles. The van der Waals surface area contributed by atoms with Crippen molar-refractivity contribution in [3.8, 4) is 0 Å². The van der Waals surface area contributed by atoms with E-state index in [0.29, 0.717) is 11.1 Å². The van der Waals surface area contributed by atoms with Gasteiger partial charge in [-0.15, -0.1) is 0 Å². The Kier molecular flexibility index (Phi) is 9.76. The maximum absolute atomic E-state index is 12.2. The number of rotatable bonds is 12. The lowest BCUT2D eigenvalue weighted by atomic mass is 10.0. The van der Waals surface area contributed by atoms with Crippen LogP contribution in [-0.2, 0) is 41.9 Å². The minimum absolute atomic E-state index is 0.219. The van der Waals surface area contributed by atoms with E-state index in [0.717, 1.165) is 12.2 Å². The van der Waals surface area contributed by atoms with E-state index in [1.165, 1.54) is 13.8 Å². The summed E-state index contributed by atoms with van der Waals surface area (Å²) in [5, 5.41) is 0. The standard InChI is InChI=1S/C26H24O8/c1-17(27)13-23(29)21-9-5-3-7-19(21)15-33-25(31)11-12-26(32)34-16-20-8-4-6-10-22(20)24(30)14-18(2)28/h3-12H,13-16H2,1-2H3/b12-11-. The second kappa shape index (κ2) is 12.7. The van der Waals surface area contributed by atoms with Gasteiger partial charge in [0, 0.05) is 34.4 Å². The lowest BCUT2D eigenvalue weighted by Gasteiger charge is -2.08. The predicted molar refractivity (Wildman–Crippen MR) is 121 cm³/mol. The number of benzene rings is 2. The smallest absolute Gasteiger partial charge is 0.331 e. The Labute approximate surface area is 196 Å². The van der Waals surface area contributed by atoms with Gasteiger partial charge in [-0.05, 0) is 13.8 Å². The van der Waals surface area contributed by atoms with E-state index in [1.807, 2.05) is 0 Å². The molecule has 8 nitrogen and oxygen atoms in total. The highest BCUT2D eigenvalue weighted by Crippen LogP contribution is 2.14. The number of carbonyl (C=O) groups is 6. The molecule has 0 bridgehead atoms. The van der Waals surface area contributed by atoms with Crippen molar-refractivity contribution in [2.24, 2.45) is 0 Å². The molecule has 0 fully saturated rings. The molecule has 0 spiro atoms. The summed E-state index contributed by atoms with van der Waals surface area (Å²) in [6.07, 6.45) is 1.27. The maximum atomic E-state index is 12.2. The van der Waals surface area contributed by atoms with Gasteiger partial charge in [-0.2, -0.15) is 0 Å². The monoisotopic (exact) mass is 464 g/mol. The second-order valence-electron chi connectivity index (χ2n) is 7.47. The lowest BCUT2D eigenvalue weighted by molar-refractivity contribution is -0.141. The molecule has 0 aliphatic carbocycles. The quantitative estimate of drug-likeness (QED) is 0.203. The molecular weight excluding hydrogens is 440 g/mol. The number of ketones is 4. The van der Waals surface area contributed by atoms with Crippen LogP contribution in [0, 0.1) is 0 Å². The summed E-state index contributed by atoms with van der Waals surface area (Å²) in [5.74, 6) is -2.96. The van der Waals surface area contributed by atoms with Gasteiger partial charge in [0.1, 0.15) is 24.8 Å². The Morgan fingerprint density at radius 1 is 0.618 bits per heavy atom. The van der Waals surface area contributed by atoms with Gasteiger partial charge >= 0.3 is 11.9 Å². The zero-order valence-electron chi connectivity index (χ0n) is 18.9. The van der Waals surface area contributed by atoms with Crippen LogP contribution in [0.3, 0.4) is 0 Å². The van der Waals surface area contributed by atoms with Crippen LogP contribution < -0.4 is 0 Å². The van der Waals surface area contributed by atoms with Crippen molar-refractivity contribution in [1.82, 2.24) is 0 Å². The molecule has 0 aliphatic heterocycles. The van der Waals surface area contributed by atoms with Crippen LogP contribution >= 0.6 is 0 Å². The van der Waals surface area contributed by atoms with E-state index in [-0.39, 0.29) is 60.3 Å². The number of carbonyl (C=O) groups excluding carboxylic acids is 6. The van der Waals surface area contributed by atoms with Gasteiger partial charge in [0.2, 0.25) is 0 Å². The molecule has 0 N–H and O–H groups in total. The first-order valence-electron chi connectivity index (χ1n) is 10.4. The summed E-state index contributed by atoms with van der Waals surface area (Å²) >= 11 is 0. The fourth-order valence-corrected chi connectivity index (χ4v) is 3.01. The van der Waals surface area contributed by atoms with Gasteiger partial charge in [0.15, 0.2) is 11.6 Å². The fraction of sp³-hybridized carbons (Fsp3) is 0.231. The molecule has 176 valence electrons.